The summed E-state index contributed by atoms with van der Waals surface area (Å²) in [5.74, 6) is 0. The van der Waals surface area contributed by atoms with Gasteiger partial charge in [0.05, 0.1) is 0 Å². The lowest BCUT2D eigenvalue weighted by molar-refractivity contribution is 0.273. The third-order valence-electron chi connectivity index (χ3n) is 4.35. The third-order valence-corrected chi connectivity index (χ3v) is 4.35. The molecule has 1 fully saturated rings. The zero-order valence-electron chi connectivity index (χ0n) is 12.2. The molecule has 0 amide bonds. The summed E-state index contributed by atoms with van der Waals surface area (Å²) >= 11 is 0. The summed E-state index contributed by atoms with van der Waals surface area (Å²) < 4.78 is 0. The number of aryl methyl sites for hydroxylation is 3. The van der Waals surface area contributed by atoms with Crippen molar-refractivity contribution < 1.29 is 0 Å². The second kappa shape index (κ2) is 5.02. The second-order valence-electron chi connectivity index (χ2n) is 6.35. The van der Waals surface area contributed by atoms with Gasteiger partial charge in [0.15, 0.2) is 0 Å². The van der Waals surface area contributed by atoms with Crippen molar-refractivity contribution in [3.05, 3.63) is 34.4 Å². The molecule has 1 aliphatic rings. The first kappa shape index (κ1) is 13.6. The zero-order valence-corrected chi connectivity index (χ0v) is 12.2. The highest BCUT2D eigenvalue weighted by Gasteiger charge is 2.32. The summed E-state index contributed by atoms with van der Waals surface area (Å²) in [6.45, 7) is 13.1. The van der Waals surface area contributed by atoms with Crippen molar-refractivity contribution in [2.45, 2.75) is 40.7 Å². The Balaban J connectivity index is 2.12. The lowest BCUT2D eigenvalue weighted by Crippen LogP contribution is -2.31. The van der Waals surface area contributed by atoms with Gasteiger partial charge in [0.2, 0.25) is 0 Å². The van der Waals surface area contributed by atoms with E-state index in [0.717, 1.165) is 19.6 Å². The second-order valence-corrected chi connectivity index (χ2v) is 6.35. The van der Waals surface area contributed by atoms with Crippen molar-refractivity contribution in [3.8, 4) is 0 Å². The van der Waals surface area contributed by atoms with Crippen molar-refractivity contribution >= 4 is 0 Å². The van der Waals surface area contributed by atoms with Gasteiger partial charge in [-0.3, -0.25) is 4.90 Å². The van der Waals surface area contributed by atoms with Crippen molar-refractivity contribution in [1.29, 1.82) is 0 Å². The van der Waals surface area contributed by atoms with Gasteiger partial charge in [-0.2, -0.15) is 0 Å². The third kappa shape index (κ3) is 2.76. The van der Waals surface area contributed by atoms with Gasteiger partial charge < -0.3 is 5.73 Å². The SMILES string of the molecule is Cc1cc(C)c(CN2CCC(C)(CN)C2)c(C)c1. The average Bonchev–Trinajstić information content (AvgIpc) is 2.66. The van der Waals surface area contributed by atoms with E-state index in [9.17, 15) is 0 Å². The Morgan fingerprint density at radius 2 is 1.83 bits per heavy atom. The Hall–Kier alpha value is -0.860. The smallest absolute Gasteiger partial charge is 0.0239 e. The van der Waals surface area contributed by atoms with Crippen LogP contribution in [0, 0.1) is 26.2 Å². The summed E-state index contributed by atoms with van der Waals surface area (Å²) in [5, 5.41) is 0. The minimum Gasteiger partial charge on any atom is -0.330 e. The number of nitrogens with zero attached hydrogens (tertiary/aromatic N) is 1. The summed E-state index contributed by atoms with van der Waals surface area (Å²) in [7, 11) is 0. The Labute approximate surface area is 111 Å². The molecule has 0 saturated carbocycles. The molecule has 100 valence electrons. The molecule has 0 spiro atoms. The molecule has 1 heterocycles. The van der Waals surface area contributed by atoms with Crippen LogP contribution in [0.1, 0.15) is 35.6 Å². The highest BCUT2D eigenvalue weighted by Crippen LogP contribution is 2.30. The van der Waals surface area contributed by atoms with E-state index in [1.807, 2.05) is 0 Å². The topological polar surface area (TPSA) is 29.3 Å². The van der Waals surface area contributed by atoms with E-state index in [4.69, 9.17) is 5.73 Å². The number of rotatable bonds is 3. The fourth-order valence-electron chi connectivity index (χ4n) is 3.11. The molecular weight excluding hydrogens is 220 g/mol. The fourth-order valence-corrected chi connectivity index (χ4v) is 3.11. The van der Waals surface area contributed by atoms with E-state index in [-0.39, 0.29) is 0 Å². The molecule has 2 N–H and O–H groups in total. The highest BCUT2D eigenvalue weighted by atomic mass is 15.2. The molecule has 2 nitrogen and oxygen atoms in total. The van der Waals surface area contributed by atoms with Crippen LogP contribution in [0.4, 0.5) is 0 Å². The minimum absolute atomic E-state index is 0.326. The maximum atomic E-state index is 5.88. The summed E-state index contributed by atoms with van der Waals surface area (Å²) in [6, 6.07) is 4.58. The van der Waals surface area contributed by atoms with Gasteiger partial charge in [-0.25, -0.2) is 0 Å². The predicted octanol–water partition coefficient (Wildman–Crippen LogP) is 2.78. The van der Waals surface area contributed by atoms with E-state index >= 15 is 0 Å². The monoisotopic (exact) mass is 246 g/mol. The molecule has 1 unspecified atom stereocenters. The van der Waals surface area contributed by atoms with Gasteiger partial charge in [-0.1, -0.05) is 24.6 Å². The van der Waals surface area contributed by atoms with Gasteiger partial charge in [-0.05, 0) is 62.4 Å². The quantitative estimate of drug-likeness (QED) is 0.888. The van der Waals surface area contributed by atoms with E-state index in [2.05, 4.69) is 44.7 Å². The van der Waals surface area contributed by atoms with Crippen LogP contribution in [0.25, 0.3) is 0 Å². The first-order valence-corrected chi connectivity index (χ1v) is 6.93. The Morgan fingerprint density at radius 3 is 2.33 bits per heavy atom. The molecule has 2 rings (SSSR count). The van der Waals surface area contributed by atoms with Crippen LogP contribution >= 0.6 is 0 Å². The molecule has 1 atom stereocenters. The van der Waals surface area contributed by atoms with Crippen LogP contribution in [-0.4, -0.2) is 24.5 Å². The molecule has 0 radical (unpaired) electrons. The molecule has 2 heteroatoms. The van der Waals surface area contributed by atoms with Crippen LogP contribution in [0.15, 0.2) is 12.1 Å². The summed E-state index contributed by atoms with van der Waals surface area (Å²) in [6.07, 6.45) is 1.23. The number of hydrogen-bond donors (Lipinski definition) is 1. The molecule has 1 aromatic rings. The van der Waals surface area contributed by atoms with Crippen LogP contribution < -0.4 is 5.73 Å². The lowest BCUT2D eigenvalue weighted by Gasteiger charge is -2.24. The van der Waals surface area contributed by atoms with Gasteiger partial charge in [0.25, 0.3) is 0 Å². The fraction of sp³-hybridized carbons (Fsp3) is 0.625. The Bertz CT molecular complexity index is 416. The van der Waals surface area contributed by atoms with Crippen molar-refractivity contribution in [1.82, 2.24) is 4.90 Å². The molecule has 0 aromatic heterocycles. The lowest BCUT2D eigenvalue weighted by atomic mass is 9.90. The standard InChI is InChI=1S/C16H26N2/c1-12-7-13(2)15(14(3)8-12)9-18-6-5-16(4,10-17)11-18/h7-8H,5-6,9-11,17H2,1-4H3. The molecule has 1 aliphatic heterocycles. The largest absolute Gasteiger partial charge is 0.330 e. The summed E-state index contributed by atoms with van der Waals surface area (Å²) in [4.78, 5) is 2.55. The van der Waals surface area contributed by atoms with E-state index in [1.54, 1.807) is 0 Å². The number of hydrogen-bond acceptors (Lipinski definition) is 2. The van der Waals surface area contributed by atoms with Gasteiger partial charge in [0.1, 0.15) is 0 Å². The molecule has 1 aromatic carbocycles. The first-order valence-electron chi connectivity index (χ1n) is 6.93. The van der Waals surface area contributed by atoms with Crippen LogP contribution in [0.2, 0.25) is 0 Å². The maximum Gasteiger partial charge on any atom is 0.0239 e. The van der Waals surface area contributed by atoms with Crippen LogP contribution in [0.3, 0.4) is 0 Å². The van der Waals surface area contributed by atoms with E-state index < -0.39 is 0 Å². The minimum atomic E-state index is 0.326. The Kier molecular flexibility index (Phi) is 3.79. The molecule has 0 aliphatic carbocycles. The van der Waals surface area contributed by atoms with Crippen molar-refractivity contribution in [2.75, 3.05) is 19.6 Å². The van der Waals surface area contributed by atoms with Crippen molar-refractivity contribution in [3.63, 3.8) is 0 Å². The predicted molar refractivity (Wildman–Crippen MR) is 77.7 cm³/mol. The molecule has 1 saturated heterocycles. The highest BCUT2D eigenvalue weighted by molar-refractivity contribution is 5.37. The zero-order chi connectivity index (χ0) is 13.3. The van der Waals surface area contributed by atoms with Gasteiger partial charge in [0, 0.05) is 13.1 Å². The van der Waals surface area contributed by atoms with E-state index in [0.29, 0.717) is 5.41 Å². The van der Waals surface area contributed by atoms with Gasteiger partial charge in [-0.15, -0.1) is 0 Å². The number of nitrogens with two attached hydrogens (primary N) is 1. The van der Waals surface area contributed by atoms with E-state index in [1.165, 1.54) is 35.2 Å². The van der Waals surface area contributed by atoms with Crippen LogP contribution in [0.5, 0.6) is 0 Å². The first-order chi connectivity index (χ1) is 8.43. The number of likely N-dealkylation sites (tertiary alicyclic amines) is 1. The van der Waals surface area contributed by atoms with Crippen molar-refractivity contribution in [2.24, 2.45) is 11.1 Å². The summed E-state index contributed by atoms with van der Waals surface area (Å²) in [5.41, 5.74) is 11.9. The average molecular weight is 246 g/mol. The van der Waals surface area contributed by atoms with Crippen LogP contribution in [-0.2, 0) is 6.54 Å². The Morgan fingerprint density at radius 1 is 1.22 bits per heavy atom. The van der Waals surface area contributed by atoms with Gasteiger partial charge >= 0.3 is 0 Å². The molecule has 18 heavy (non-hydrogen) atoms. The molecular formula is C16H26N2. The normalized spacial score (nSPS) is 24.7. The number of benzene rings is 1. The molecule has 0 bridgehead atoms. The maximum absolute atomic E-state index is 5.88.